The Morgan fingerprint density at radius 3 is 2.70 bits per heavy atom. The van der Waals surface area contributed by atoms with Crippen molar-refractivity contribution in [1.82, 2.24) is 14.5 Å². The van der Waals surface area contributed by atoms with E-state index in [0.29, 0.717) is 22.5 Å². The molecule has 1 unspecified atom stereocenters. The van der Waals surface area contributed by atoms with Gasteiger partial charge < -0.3 is 9.32 Å². The van der Waals surface area contributed by atoms with E-state index in [-0.39, 0.29) is 23.6 Å². The lowest BCUT2D eigenvalue weighted by molar-refractivity contribution is 0.0646. The molecule has 30 heavy (non-hydrogen) atoms. The lowest BCUT2D eigenvalue weighted by Gasteiger charge is -2.29. The predicted molar refractivity (Wildman–Crippen MR) is 110 cm³/mol. The van der Waals surface area contributed by atoms with Crippen molar-refractivity contribution in [2.24, 2.45) is 7.05 Å². The molecule has 0 N–H and O–H groups in total. The molecule has 0 spiro atoms. The maximum Gasteiger partial charge on any atom is 0.261 e. The Balaban J connectivity index is 1.80. The van der Waals surface area contributed by atoms with Crippen LogP contribution in [-0.2, 0) is 13.6 Å². The average Bonchev–Trinajstić information content (AvgIpc) is 3.27. The standard InChI is InChI=1S/C23H20FN3O3/c1-15(21-25-20-11-4-3-10-19(20)23(29)26(21)2)27(14-18-9-6-12-30-18)22(28)16-7-5-8-17(24)13-16/h3-13,15H,14H2,1-2H3. The number of hydrogen-bond donors (Lipinski definition) is 0. The molecule has 0 radical (unpaired) electrons. The van der Waals surface area contributed by atoms with Crippen molar-refractivity contribution in [3.8, 4) is 0 Å². The molecular weight excluding hydrogens is 385 g/mol. The lowest BCUT2D eigenvalue weighted by Crippen LogP contribution is -2.36. The van der Waals surface area contributed by atoms with Crippen LogP contribution in [0, 0.1) is 5.82 Å². The topological polar surface area (TPSA) is 68.3 Å². The summed E-state index contributed by atoms with van der Waals surface area (Å²) in [4.78, 5) is 32.3. The molecule has 7 heteroatoms. The third kappa shape index (κ3) is 3.61. The summed E-state index contributed by atoms with van der Waals surface area (Å²) in [6.45, 7) is 1.93. The van der Waals surface area contributed by atoms with Gasteiger partial charge in [-0.2, -0.15) is 0 Å². The lowest BCUT2D eigenvalue weighted by atomic mass is 10.1. The smallest absolute Gasteiger partial charge is 0.261 e. The molecule has 0 aliphatic heterocycles. The van der Waals surface area contributed by atoms with E-state index >= 15 is 0 Å². The first-order chi connectivity index (χ1) is 14.5. The van der Waals surface area contributed by atoms with E-state index < -0.39 is 11.9 Å². The quantitative estimate of drug-likeness (QED) is 0.502. The molecule has 2 aromatic heterocycles. The Morgan fingerprint density at radius 2 is 1.97 bits per heavy atom. The fourth-order valence-corrected chi connectivity index (χ4v) is 3.49. The van der Waals surface area contributed by atoms with Crippen molar-refractivity contribution >= 4 is 16.8 Å². The number of rotatable bonds is 5. The number of aromatic nitrogens is 2. The van der Waals surface area contributed by atoms with Crippen molar-refractivity contribution in [3.63, 3.8) is 0 Å². The Hall–Kier alpha value is -3.74. The number of furan rings is 1. The second-order valence-electron chi connectivity index (χ2n) is 7.05. The highest BCUT2D eigenvalue weighted by Gasteiger charge is 2.27. The van der Waals surface area contributed by atoms with E-state index in [1.54, 1.807) is 50.4 Å². The third-order valence-corrected chi connectivity index (χ3v) is 5.10. The molecule has 2 heterocycles. The molecule has 2 aromatic carbocycles. The largest absolute Gasteiger partial charge is 0.467 e. The molecule has 1 amide bonds. The Labute approximate surface area is 172 Å². The van der Waals surface area contributed by atoms with Crippen LogP contribution in [0.1, 0.15) is 34.9 Å². The fourth-order valence-electron chi connectivity index (χ4n) is 3.49. The molecule has 152 valence electrons. The molecule has 6 nitrogen and oxygen atoms in total. The summed E-state index contributed by atoms with van der Waals surface area (Å²) in [7, 11) is 1.63. The van der Waals surface area contributed by atoms with E-state index in [9.17, 15) is 14.0 Å². The molecule has 0 fully saturated rings. The van der Waals surface area contributed by atoms with Crippen LogP contribution in [0.5, 0.6) is 0 Å². The number of fused-ring (bicyclic) bond motifs is 1. The van der Waals surface area contributed by atoms with Gasteiger partial charge in [0.2, 0.25) is 0 Å². The zero-order valence-corrected chi connectivity index (χ0v) is 16.6. The monoisotopic (exact) mass is 405 g/mol. The summed E-state index contributed by atoms with van der Waals surface area (Å²) < 4.78 is 20.6. The minimum absolute atomic E-state index is 0.145. The Morgan fingerprint density at radius 1 is 1.17 bits per heavy atom. The van der Waals surface area contributed by atoms with Gasteiger partial charge in [-0.15, -0.1) is 0 Å². The molecule has 1 atom stereocenters. The van der Waals surface area contributed by atoms with Crippen LogP contribution in [-0.4, -0.2) is 20.4 Å². The maximum absolute atomic E-state index is 13.7. The van der Waals surface area contributed by atoms with Gasteiger partial charge in [0.15, 0.2) is 0 Å². The van der Waals surface area contributed by atoms with Gasteiger partial charge in [-0.05, 0) is 49.4 Å². The summed E-state index contributed by atoms with van der Waals surface area (Å²) in [5.41, 5.74) is 0.566. The van der Waals surface area contributed by atoms with Gasteiger partial charge in [0.05, 0.1) is 29.8 Å². The van der Waals surface area contributed by atoms with Gasteiger partial charge in [-0.1, -0.05) is 18.2 Å². The zero-order chi connectivity index (χ0) is 21.3. The number of para-hydroxylation sites is 1. The van der Waals surface area contributed by atoms with E-state index in [1.807, 2.05) is 6.07 Å². The predicted octanol–water partition coefficient (Wildman–Crippen LogP) is 4.07. The van der Waals surface area contributed by atoms with Gasteiger partial charge in [0, 0.05) is 12.6 Å². The van der Waals surface area contributed by atoms with E-state index in [2.05, 4.69) is 4.98 Å². The Kier molecular flexibility index (Phi) is 5.18. The van der Waals surface area contributed by atoms with Crippen molar-refractivity contribution in [2.45, 2.75) is 19.5 Å². The summed E-state index contributed by atoms with van der Waals surface area (Å²) in [6, 6.07) is 15.5. The highest BCUT2D eigenvalue weighted by molar-refractivity contribution is 5.94. The summed E-state index contributed by atoms with van der Waals surface area (Å²) in [5, 5.41) is 0.505. The van der Waals surface area contributed by atoms with Crippen molar-refractivity contribution < 1.29 is 13.6 Å². The second kappa shape index (κ2) is 7.94. The molecule has 4 aromatic rings. The van der Waals surface area contributed by atoms with E-state index in [1.165, 1.54) is 33.9 Å². The van der Waals surface area contributed by atoms with Gasteiger partial charge in [0.25, 0.3) is 11.5 Å². The van der Waals surface area contributed by atoms with Gasteiger partial charge in [0.1, 0.15) is 17.4 Å². The molecule has 0 aliphatic rings. The number of halogens is 1. The normalized spacial score (nSPS) is 12.1. The van der Waals surface area contributed by atoms with Crippen molar-refractivity contribution in [3.05, 3.63) is 100 Å². The van der Waals surface area contributed by atoms with Crippen molar-refractivity contribution in [2.75, 3.05) is 0 Å². The zero-order valence-electron chi connectivity index (χ0n) is 16.6. The highest BCUT2D eigenvalue weighted by atomic mass is 19.1. The fraction of sp³-hybridized carbons (Fsp3) is 0.174. The van der Waals surface area contributed by atoms with Crippen LogP contribution in [0.25, 0.3) is 10.9 Å². The number of nitrogens with zero attached hydrogens (tertiary/aromatic N) is 3. The first-order valence-electron chi connectivity index (χ1n) is 9.50. The summed E-state index contributed by atoms with van der Waals surface area (Å²) >= 11 is 0. The van der Waals surface area contributed by atoms with E-state index in [0.717, 1.165) is 0 Å². The van der Waals surface area contributed by atoms with Crippen LogP contribution in [0.3, 0.4) is 0 Å². The molecule has 4 rings (SSSR count). The minimum Gasteiger partial charge on any atom is -0.467 e. The molecule has 0 bridgehead atoms. The van der Waals surface area contributed by atoms with E-state index in [4.69, 9.17) is 4.42 Å². The number of amides is 1. The minimum atomic E-state index is -0.576. The summed E-state index contributed by atoms with van der Waals surface area (Å²) in [6.07, 6.45) is 1.52. The number of benzene rings is 2. The first kappa shape index (κ1) is 19.6. The second-order valence-corrected chi connectivity index (χ2v) is 7.05. The number of carbonyl (C=O) groups excluding carboxylic acids is 1. The number of hydrogen-bond acceptors (Lipinski definition) is 4. The van der Waals surface area contributed by atoms with Gasteiger partial charge >= 0.3 is 0 Å². The first-order valence-corrected chi connectivity index (χ1v) is 9.50. The van der Waals surface area contributed by atoms with Gasteiger partial charge in [-0.3, -0.25) is 14.2 Å². The van der Waals surface area contributed by atoms with Crippen LogP contribution in [0.15, 0.2) is 76.1 Å². The van der Waals surface area contributed by atoms with Gasteiger partial charge in [-0.25, -0.2) is 9.37 Å². The van der Waals surface area contributed by atoms with Crippen LogP contribution in [0.4, 0.5) is 4.39 Å². The van der Waals surface area contributed by atoms with Crippen LogP contribution < -0.4 is 5.56 Å². The average molecular weight is 405 g/mol. The molecule has 0 saturated carbocycles. The van der Waals surface area contributed by atoms with Crippen LogP contribution in [0.2, 0.25) is 0 Å². The van der Waals surface area contributed by atoms with Crippen LogP contribution >= 0.6 is 0 Å². The third-order valence-electron chi connectivity index (χ3n) is 5.10. The Bertz CT molecular complexity index is 1260. The SMILES string of the molecule is CC(c1nc2ccccc2c(=O)n1C)N(Cc1ccco1)C(=O)c1cccc(F)c1. The molecule has 0 aliphatic carbocycles. The number of carbonyl (C=O) groups is 1. The molecular formula is C23H20FN3O3. The maximum atomic E-state index is 13.7. The molecule has 0 saturated heterocycles. The van der Waals surface area contributed by atoms with Crippen molar-refractivity contribution in [1.29, 1.82) is 0 Å². The summed E-state index contributed by atoms with van der Waals surface area (Å²) in [5.74, 6) is 0.107. The highest BCUT2D eigenvalue weighted by Crippen LogP contribution is 2.24.